The molecule has 0 aliphatic rings. The SMILES string of the molecule is Cc1ccccc1CNC(=O)c1ccccc1NC(=O)C(=O)NCc1ccc(Cl)cc1. The molecule has 0 fully saturated rings. The number of carbonyl (C=O) groups is 3. The maximum atomic E-state index is 12.7. The first-order chi connectivity index (χ1) is 14.9. The summed E-state index contributed by atoms with van der Waals surface area (Å²) in [5, 5.41) is 8.50. The van der Waals surface area contributed by atoms with E-state index in [4.69, 9.17) is 11.6 Å². The Labute approximate surface area is 185 Å². The zero-order valence-electron chi connectivity index (χ0n) is 16.9. The van der Waals surface area contributed by atoms with Crippen LogP contribution in [-0.4, -0.2) is 17.7 Å². The first-order valence-corrected chi connectivity index (χ1v) is 10.1. The van der Waals surface area contributed by atoms with E-state index >= 15 is 0 Å². The van der Waals surface area contributed by atoms with Crippen LogP contribution in [0.2, 0.25) is 5.02 Å². The van der Waals surface area contributed by atoms with E-state index in [-0.39, 0.29) is 23.7 Å². The third kappa shape index (κ3) is 6.17. The summed E-state index contributed by atoms with van der Waals surface area (Å²) in [5.74, 6) is -2.00. The zero-order valence-corrected chi connectivity index (χ0v) is 17.7. The number of hydrogen-bond acceptors (Lipinski definition) is 3. The number of amides is 3. The number of anilines is 1. The highest BCUT2D eigenvalue weighted by Crippen LogP contribution is 2.16. The van der Waals surface area contributed by atoms with Crippen molar-refractivity contribution in [1.29, 1.82) is 0 Å². The molecule has 0 spiro atoms. The van der Waals surface area contributed by atoms with E-state index in [0.29, 0.717) is 11.6 Å². The lowest BCUT2D eigenvalue weighted by molar-refractivity contribution is -0.136. The fourth-order valence-electron chi connectivity index (χ4n) is 2.91. The van der Waals surface area contributed by atoms with Crippen molar-refractivity contribution >= 4 is 35.0 Å². The summed E-state index contributed by atoms with van der Waals surface area (Å²) in [7, 11) is 0. The van der Waals surface area contributed by atoms with Crippen LogP contribution in [0.15, 0.2) is 72.8 Å². The van der Waals surface area contributed by atoms with Gasteiger partial charge in [0.1, 0.15) is 0 Å². The highest BCUT2D eigenvalue weighted by Gasteiger charge is 2.17. The fraction of sp³-hybridized carbons (Fsp3) is 0.125. The minimum atomic E-state index is -0.854. The van der Waals surface area contributed by atoms with Crippen LogP contribution in [0.25, 0.3) is 0 Å². The molecule has 158 valence electrons. The summed E-state index contributed by atoms with van der Waals surface area (Å²) in [6.45, 7) is 2.51. The highest BCUT2D eigenvalue weighted by molar-refractivity contribution is 6.40. The molecule has 7 heteroatoms. The standard InChI is InChI=1S/C24H22ClN3O3/c1-16-6-2-3-7-18(16)15-27-22(29)20-8-4-5-9-21(20)28-24(31)23(30)26-14-17-10-12-19(25)13-11-17/h2-13H,14-15H2,1H3,(H,26,30)(H,27,29)(H,28,31). The van der Waals surface area contributed by atoms with Gasteiger partial charge in [-0.15, -0.1) is 0 Å². The lowest BCUT2D eigenvalue weighted by Crippen LogP contribution is -2.35. The largest absolute Gasteiger partial charge is 0.348 e. The molecule has 3 rings (SSSR count). The van der Waals surface area contributed by atoms with Gasteiger partial charge in [0, 0.05) is 18.1 Å². The van der Waals surface area contributed by atoms with E-state index in [1.807, 2.05) is 31.2 Å². The van der Waals surface area contributed by atoms with Crippen molar-refractivity contribution in [2.75, 3.05) is 5.32 Å². The third-order valence-electron chi connectivity index (χ3n) is 4.69. The van der Waals surface area contributed by atoms with Crippen molar-refractivity contribution < 1.29 is 14.4 Å². The summed E-state index contributed by atoms with van der Waals surface area (Å²) in [6.07, 6.45) is 0. The Bertz CT molecular complexity index is 1100. The first kappa shape index (κ1) is 22.1. The Morgan fingerprint density at radius 3 is 2.19 bits per heavy atom. The smallest absolute Gasteiger partial charge is 0.313 e. The number of rotatable bonds is 6. The topological polar surface area (TPSA) is 87.3 Å². The molecule has 3 amide bonds. The van der Waals surface area contributed by atoms with Crippen LogP contribution in [0.3, 0.4) is 0 Å². The molecule has 3 aromatic rings. The molecule has 0 atom stereocenters. The number of hydrogen-bond donors (Lipinski definition) is 3. The Morgan fingerprint density at radius 2 is 1.45 bits per heavy atom. The van der Waals surface area contributed by atoms with Gasteiger partial charge in [-0.25, -0.2) is 0 Å². The second kappa shape index (κ2) is 10.4. The van der Waals surface area contributed by atoms with Crippen molar-refractivity contribution in [2.45, 2.75) is 20.0 Å². The molecule has 0 aliphatic carbocycles. The van der Waals surface area contributed by atoms with E-state index in [1.165, 1.54) is 0 Å². The van der Waals surface area contributed by atoms with Gasteiger partial charge in [-0.3, -0.25) is 14.4 Å². The number of para-hydroxylation sites is 1. The normalized spacial score (nSPS) is 10.3. The lowest BCUT2D eigenvalue weighted by Gasteiger charge is -2.12. The molecular formula is C24H22ClN3O3. The fourth-order valence-corrected chi connectivity index (χ4v) is 3.04. The van der Waals surface area contributed by atoms with Crippen LogP contribution in [0.5, 0.6) is 0 Å². The maximum Gasteiger partial charge on any atom is 0.313 e. The molecule has 0 bridgehead atoms. The number of carbonyl (C=O) groups excluding carboxylic acids is 3. The Balaban J connectivity index is 1.60. The number of benzene rings is 3. The maximum absolute atomic E-state index is 12.7. The van der Waals surface area contributed by atoms with Crippen LogP contribution in [0, 0.1) is 6.92 Å². The van der Waals surface area contributed by atoms with E-state index in [2.05, 4.69) is 16.0 Å². The van der Waals surface area contributed by atoms with Crippen molar-refractivity contribution in [3.63, 3.8) is 0 Å². The van der Waals surface area contributed by atoms with E-state index < -0.39 is 11.8 Å². The number of halogens is 1. The zero-order chi connectivity index (χ0) is 22.2. The molecule has 0 aromatic heterocycles. The molecule has 0 unspecified atom stereocenters. The van der Waals surface area contributed by atoms with E-state index in [1.54, 1.807) is 48.5 Å². The molecular weight excluding hydrogens is 414 g/mol. The molecule has 3 N–H and O–H groups in total. The summed E-state index contributed by atoms with van der Waals surface area (Å²) in [5.41, 5.74) is 3.41. The summed E-state index contributed by atoms with van der Waals surface area (Å²) in [4.78, 5) is 37.1. The van der Waals surface area contributed by atoms with Gasteiger partial charge in [0.2, 0.25) is 0 Å². The molecule has 3 aromatic carbocycles. The van der Waals surface area contributed by atoms with Crippen molar-refractivity contribution in [2.24, 2.45) is 0 Å². The van der Waals surface area contributed by atoms with Crippen LogP contribution in [0.1, 0.15) is 27.0 Å². The molecule has 0 saturated carbocycles. The molecule has 0 radical (unpaired) electrons. The van der Waals surface area contributed by atoms with Gasteiger partial charge in [0.25, 0.3) is 5.91 Å². The predicted molar refractivity (Wildman–Crippen MR) is 121 cm³/mol. The summed E-state index contributed by atoms with van der Waals surface area (Å²) in [6, 6.07) is 21.2. The Hall–Kier alpha value is -3.64. The first-order valence-electron chi connectivity index (χ1n) is 9.69. The van der Waals surface area contributed by atoms with Gasteiger partial charge in [0.05, 0.1) is 11.3 Å². The minimum absolute atomic E-state index is 0.183. The second-order valence-corrected chi connectivity index (χ2v) is 7.35. The average molecular weight is 436 g/mol. The van der Waals surface area contributed by atoms with Crippen molar-refractivity contribution in [3.8, 4) is 0 Å². The molecule has 6 nitrogen and oxygen atoms in total. The number of nitrogens with one attached hydrogen (secondary N) is 3. The van der Waals surface area contributed by atoms with Gasteiger partial charge >= 0.3 is 11.8 Å². The van der Waals surface area contributed by atoms with Gasteiger partial charge in [-0.1, -0.05) is 60.1 Å². The van der Waals surface area contributed by atoms with Gasteiger partial charge in [-0.2, -0.15) is 0 Å². The van der Waals surface area contributed by atoms with Crippen LogP contribution >= 0.6 is 11.6 Å². The highest BCUT2D eigenvalue weighted by atomic mass is 35.5. The Morgan fingerprint density at radius 1 is 0.774 bits per heavy atom. The van der Waals surface area contributed by atoms with Gasteiger partial charge in [-0.05, 0) is 47.9 Å². The second-order valence-electron chi connectivity index (χ2n) is 6.92. The van der Waals surface area contributed by atoms with Crippen molar-refractivity contribution in [3.05, 3.63) is 100 Å². The van der Waals surface area contributed by atoms with E-state index in [9.17, 15) is 14.4 Å². The molecule has 0 heterocycles. The number of aryl methyl sites for hydroxylation is 1. The molecule has 31 heavy (non-hydrogen) atoms. The minimum Gasteiger partial charge on any atom is -0.348 e. The lowest BCUT2D eigenvalue weighted by atomic mass is 10.1. The van der Waals surface area contributed by atoms with Gasteiger partial charge < -0.3 is 16.0 Å². The molecule has 0 aliphatic heterocycles. The predicted octanol–water partition coefficient (Wildman–Crippen LogP) is 3.83. The van der Waals surface area contributed by atoms with Gasteiger partial charge in [0.15, 0.2) is 0 Å². The van der Waals surface area contributed by atoms with Crippen LogP contribution in [-0.2, 0) is 22.7 Å². The monoisotopic (exact) mass is 435 g/mol. The summed E-state index contributed by atoms with van der Waals surface area (Å²) < 4.78 is 0. The van der Waals surface area contributed by atoms with Crippen LogP contribution < -0.4 is 16.0 Å². The molecule has 0 saturated heterocycles. The quantitative estimate of drug-likeness (QED) is 0.514. The van der Waals surface area contributed by atoms with E-state index in [0.717, 1.165) is 16.7 Å². The van der Waals surface area contributed by atoms with Crippen LogP contribution in [0.4, 0.5) is 5.69 Å². The Kier molecular flexibility index (Phi) is 7.40. The average Bonchev–Trinajstić information content (AvgIpc) is 2.78. The third-order valence-corrected chi connectivity index (χ3v) is 4.95. The summed E-state index contributed by atoms with van der Waals surface area (Å²) >= 11 is 5.84. The van der Waals surface area contributed by atoms with Crippen molar-refractivity contribution in [1.82, 2.24) is 10.6 Å².